The van der Waals surface area contributed by atoms with Gasteiger partial charge in [-0.15, -0.1) is 11.3 Å². The minimum absolute atomic E-state index is 0.0530. The molecule has 1 amide bonds. The summed E-state index contributed by atoms with van der Waals surface area (Å²) in [5.74, 6) is -0.0530. The van der Waals surface area contributed by atoms with E-state index in [2.05, 4.69) is 21.0 Å². The summed E-state index contributed by atoms with van der Waals surface area (Å²) in [6.45, 7) is 5.58. The fraction of sp³-hybridized carbons (Fsp3) is 0.467. The lowest BCUT2D eigenvalue weighted by Crippen LogP contribution is -2.50. The highest BCUT2D eigenvalue weighted by Gasteiger charge is 2.32. The minimum Gasteiger partial charge on any atom is -0.335 e. The molecule has 3 heterocycles. The summed E-state index contributed by atoms with van der Waals surface area (Å²) in [6, 6.07) is 1.79. The molecule has 0 atom stereocenters. The summed E-state index contributed by atoms with van der Waals surface area (Å²) in [6.07, 6.45) is 1.57. The molecule has 0 saturated carbocycles. The van der Waals surface area contributed by atoms with Crippen LogP contribution in [0, 0.1) is 6.92 Å². The number of thiophene rings is 1. The maximum atomic E-state index is 12.9. The van der Waals surface area contributed by atoms with Crippen LogP contribution in [0.2, 0.25) is 0 Å². The fourth-order valence-corrected chi connectivity index (χ4v) is 5.75. The van der Waals surface area contributed by atoms with Gasteiger partial charge in [-0.2, -0.15) is 9.40 Å². The molecule has 1 aliphatic heterocycles. The third kappa shape index (κ3) is 3.67. The molecule has 10 heteroatoms. The van der Waals surface area contributed by atoms with Gasteiger partial charge >= 0.3 is 0 Å². The number of carbonyl (C=O) groups excluding carboxylic acids is 1. The average Bonchev–Trinajstić information content (AvgIpc) is 3.20. The number of rotatable bonds is 4. The van der Waals surface area contributed by atoms with E-state index in [1.807, 2.05) is 12.3 Å². The van der Waals surface area contributed by atoms with E-state index in [9.17, 15) is 13.2 Å². The van der Waals surface area contributed by atoms with Crippen molar-refractivity contribution >= 4 is 43.2 Å². The molecule has 0 radical (unpaired) electrons. The van der Waals surface area contributed by atoms with Crippen LogP contribution >= 0.6 is 27.3 Å². The molecule has 0 aliphatic carbocycles. The van der Waals surface area contributed by atoms with Gasteiger partial charge < -0.3 is 4.90 Å². The maximum Gasteiger partial charge on any atom is 0.264 e. The van der Waals surface area contributed by atoms with Crippen molar-refractivity contribution in [3.8, 4) is 0 Å². The van der Waals surface area contributed by atoms with Crippen LogP contribution in [0.15, 0.2) is 27.0 Å². The topological polar surface area (TPSA) is 75.5 Å². The summed E-state index contributed by atoms with van der Waals surface area (Å²) in [5.41, 5.74) is 0.504. The molecule has 136 valence electrons. The molecular formula is C15H19BrN4O3S2. The van der Waals surface area contributed by atoms with E-state index in [0.717, 1.165) is 4.47 Å². The first-order valence-electron chi connectivity index (χ1n) is 7.90. The highest BCUT2D eigenvalue weighted by Crippen LogP contribution is 2.24. The Morgan fingerprint density at radius 1 is 1.32 bits per heavy atom. The fourth-order valence-electron chi connectivity index (χ4n) is 2.77. The summed E-state index contributed by atoms with van der Waals surface area (Å²) >= 11 is 4.73. The van der Waals surface area contributed by atoms with E-state index in [1.165, 1.54) is 15.6 Å². The SMILES string of the molecule is CCn1cc(S(=O)(=O)N2CCN(C(=O)c3cc(Br)cs3)CC2)c(C)n1. The lowest BCUT2D eigenvalue weighted by molar-refractivity contribution is 0.0702. The van der Waals surface area contributed by atoms with Gasteiger partial charge in [-0.3, -0.25) is 9.48 Å². The highest BCUT2D eigenvalue weighted by atomic mass is 79.9. The Kier molecular flexibility index (Phi) is 5.33. The van der Waals surface area contributed by atoms with Crippen LogP contribution in [-0.2, 0) is 16.6 Å². The Morgan fingerprint density at radius 3 is 2.52 bits per heavy atom. The van der Waals surface area contributed by atoms with E-state index in [0.29, 0.717) is 30.2 Å². The summed E-state index contributed by atoms with van der Waals surface area (Å²) < 4.78 is 29.6. The van der Waals surface area contributed by atoms with Crippen LogP contribution in [0.5, 0.6) is 0 Å². The highest BCUT2D eigenvalue weighted by molar-refractivity contribution is 9.10. The predicted octanol–water partition coefficient (Wildman–Crippen LogP) is 2.18. The number of piperazine rings is 1. The summed E-state index contributed by atoms with van der Waals surface area (Å²) in [5, 5.41) is 6.08. The lowest BCUT2D eigenvalue weighted by atomic mass is 10.3. The van der Waals surface area contributed by atoms with Crippen LogP contribution in [0.4, 0.5) is 0 Å². The van der Waals surface area contributed by atoms with E-state index < -0.39 is 10.0 Å². The van der Waals surface area contributed by atoms with E-state index >= 15 is 0 Å². The Labute approximate surface area is 159 Å². The number of carbonyl (C=O) groups is 1. The third-order valence-corrected chi connectivity index (χ3v) is 7.83. The van der Waals surface area contributed by atoms with E-state index in [4.69, 9.17) is 0 Å². The molecule has 0 bridgehead atoms. The molecule has 1 fully saturated rings. The zero-order valence-electron chi connectivity index (χ0n) is 14.0. The predicted molar refractivity (Wildman–Crippen MR) is 99.3 cm³/mol. The number of nitrogens with zero attached hydrogens (tertiary/aromatic N) is 4. The van der Waals surface area contributed by atoms with Crippen molar-refractivity contribution in [1.29, 1.82) is 0 Å². The molecule has 1 aliphatic rings. The first-order valence-corrected chi connectivity index (χ1v) is 11.0. The molecule has 1 saturated heterocycles. The van der Waals surface area contributed by atoms with Crippen LogP contribution < -0.4 is 0 Å². The molecule has 0 unspecified atom stereocenters. The standard InChI is InChI=1S/C15H19BrN4O3S2/c1-3-19-9-14(11(2)17-19)25(22,23)20-6-4-18(5-7-20)15(21)13-8-12(16)10-24-13/h8-10H,3-7H2,1-2H3. The van der Waals surface area contributed by atoms with Crippen LogP contribution in [0.3, 0.4) is 0 Å². The molecule has 2 aromatic rings. The number of halogens is 1. The maximum absolute atomic E-state index is 12.9. The smallest absolute Gasteiger partial charge is 0.264 e. The first-order chi connectivity index (χ1) is 11.8. The van der Waals surface area contributed by atoms with E-state index in [1.54, 1.807) is 28.8 Å². The Hall–Kier alpha value is -1.23. The largest absolute Gasteiger partial charge is 0.335 e. The zero-order chi connectivity index (χ0) is 18.2. The van der Waals surface area contributed by atoms with Crippen molar-refractivity contribution in [3.63, 3.8) is 0 Å². The minimum atomic E-state index is -3.58. The number of aromatic nitrogens is 2. The average molecular weight is 447 g/mol. The van der Waals surface area contributed by atoms with E-state index in [-0.39, 0.29) is 23.9 Å². The van der Waals surface area contributed by atoms with Gasteiger partial charge in [-0.1, -0.05) is 0 Å². The molecule has 2 aromatic heterocycles. The molecular weight excluding hydrogens is 428 g/mol. The molecule has 0 spiro atoms. The van der Waals surface area contributed by atoms with Crippen LogP contribution in [-0.4, -0.2) is 59.5 Å². The monoisotopic (exact) mass is 446 g/mol. The van der Waals surface area contributed by atoms with Crippen molar-refractivity contribution in [2.75, 3.05) is 26.2 Å². The number of hydrogen-bond acceptors (Lipinski definition) is 5. The first kappa shape index (κ1) is 18.6. The second-order valence-corrected chi connectivity index (χ2v) is 9.49. The van der Waals surface area contributed by atoms with Gasteiger partial charge in [-0.05, 0) is 35.8 Å². The van der Waals surface area contributed by atoms with Crippen molar-refractivity contribution in [1.82, 2.24) is 19.0 Å². The van der Waals surface area contributed by atoms with Gasteiger partial charge in [0.15, 0.2) is 0 Å². The second-order valence-electron chi connectivity index (χ2n) is 5.76. The number of hydrogen-bond donors (Lipinski definition) is 0. The molecule has 25 heavy (non-hydrogen) atoms. The van der Waals surface area contributed by atoms with Crippen molar-refractivity contribution in [2.24, 2.45) is 0 Å². The molecule has 3 rings (SSSR count). The number of amides is 1. The second kappa shape index (κ2) is 7.18. The van der Waals surface area contributed by atoms with Gasteiger partial charge in [-0.25, -0.2) is 8.42 Å². The Morgan fingerprint density at radius 2 is 2.00 bits per heavy atom. The third-order valence-electron chi connectivity index (χ3n) is 4.15. The van der Waals surface area contributed by atoms with Crippen LogP contribution in [0.25, 0.3) is 0 Å². The van der Waals surface area contributed by atoms with Crippen molar-refractivity contribution in [2.45, 2.75) is 25.3 Å². The molecule has 0 aromatic carbocycles. The summed E-state index contributed by atoms with van der Waals surface area (Å²) in [4.78, 5) is 15.1. The van der Waals surface area contributed by atoms with Gasteiger partial charge in [0.25, 0.3) is 5.91 Å². The number of aryl methyl sites for hydroxylation is 2. The number of sulfonamides is 1. The van der Waals surface area contributed by atoms with Gasteiger partial charge in [0, 0.05) is 48.8 Å². The normalized spacial score (nSPS) is 16.4. The quantitative estimate of drug-likeness (QED) is 0.720. The Bertz CT molecular complexity index is 882. The van der Waals surface area contributed by atoms with Gasteiger partial charge in [0.1, 0.15) is 4.90 Å². The summed E-state index contributed by atoms with van der Waals surface area (Å²) in [7, 11) is -3.58. The molecule has 0 N–H and O–H groups in total. The van der Waals surface area contributed by atoms with Crippen molar-refractivity contribution < 1.29 is 13.2 Å². The Balaban J connectivity index is 1.71. The lowest BCUT2D eigenvalue weighted by Gasteiger charge is -2.33. The van der Waals surface area contributed by atoms with Crippen LogP contribution in [0.1, 0.15) is 22.3 Å². The zero-order valence-corrected chi connectivity index (χ0v) is 17.2. The molecule has 7 nitrogen and oxygen atoms in total. The van der Waals surface area contributed by atoms with Gasteiger partial charge in [0.2, 0.25) is 10.0 Å². The van der Waals surface area contributed by atoms with Gasteiger partial charge in [0.05, 0.1) is 10.6 Å². The van der Waals surface area contributed by atoms with Crippen molar-refractivity contribution in [3.05, 3.63) is 32.7 Å².